The molecule has 3 aromatic heterocycles. The molecule has 0 amide bonds. The number of ether oxygens (including phenoxy) is 1. The van der Waals surface area contributed by atoms with Crippen molar-refractivity contribution < 1.29 is 30.4 Å². The third-order valence-electron chi connectivity index (χ3n) is 16.2. The summed E-state index contributed by atoms with van der Waals surface area (Å²) in [5.74, 6) is 2.01. The van der Waals surface area contributed by atoms with Crippen molar-refractivity contribution in [1.82, 2.24) is 14.1 Å². The molecule has 8 aromatic carbocycles. The largest absolute Gasteiger partial charge is 0.510 e. The molecule has 0 unspecified atom stereocenters. The van der Waals surface area contributed by atoms with Crippen molar-refractivity contribution in [3.05, 3.63) is 233 Å². The molecule has 77 heavy (non-hydrogen) atoms. The molecule has 0 atom stereocenters. The average Bonchev–Trinajstić information content (AvgIpc) is 4.27. The van der Waals surface area contributed by atoms with Gasteiger partial charge in [-0.25, -0.2) is 4.98 Å². The van der Waals surface area contributed by atoms with Gasteiger partial charge in [0.25, 0.3) is 6.33 Å². The van der Waals surface area contributed by atoms with E-state index in [0.717, 1.165) is 66.7 Å². The molecule has 0 saturated carbocycles. The standard InChI is InChI=1S/C71H64N4O.Pt/c1-67(2,3)45-37-52-53-38-46(68(4,5)6)40-57(70(10,11)12)65(53)71(64(52)56(39-45)69(7,8)9)54-35-33-48(76-47-32-34-51-50-26-17-19-29-59(50)75(61(51)41-47)63-31-20-21-36-72-63)42-62(54)74-43-73(60-30-22-27-55(71)66(60)74)58-28-18-16-25-49(58)44-23-14-13-15-24-44;/h13-40H,1-12H3;/q-2;. The quantitative estimate of drug-likeness (QED) is 0.127. The summed E-state index contributed by atoms with van der Waals surface area (Å²) in [4.78, 5) is 4.80. The predicted octanol–water partition coefficient (Wildman–Crippen LogP) is 17.1. The fraction of sp³-hybridized carbons (Fsp3) is 0.239. The maximum Gasteiger partial charge on any atom is 0.268 e. The number of para-hydroxylation sites is 3. The van der Waals surface area contributed by atoms with E-state index < -0.39 is 5.41 Å². The number of nitrogens with zero attached hydrogens (tertiary/aromatic N) is 4. The van der Waals surface area contributed by atoms with Gasteiger partial charge in [-0.2, -0.15) is 12.1 Å². The fourth-order valence-electron chi connectivity index (χ4n) is 12.5. The van der Waals surface area contributed by atoms with Crippen LogP contribution in [0.3, 0.4) is 0 Å². The van der Waals surface area contributed by atoms with Crippen LogP contribution in [0, 0.1) is 18.5 Å². The van der Waals surface area contributed by atoms with Crippen molar-refractivity contribution in [3.63, 3.8) is 0 Å². The number of hydrogen-bond donors (Lipinski definition) is 0. The maximum absolute atomic E-state index is 7.07. The van der Waals surface area contributed by atoms with Crippen molar-refractivity contribution in [2.75, 3.05) is 0 Å². The number of hydrogen-bond acceptors (Lipinski definition) is 2. The van der Waals surface area contributed by atoms with Gasteiger partial charge in [0.2, 0.25) is 0 Å². The van der Waals surface area contributed by atoms with Crippen molar-refractivity contribution in [2.45, 2.75) is 110 Å². The van der Waals surface area contributed by atoms with Gasteiger partial charge in [-0.15, -0.1) is 35.2 Å². The number of fused-ring (bicyclic) bond motifs is 12. The van der Waals surface area contributed by atoms with Gasteiger partial charge in [0.05, 0.1) is 16.7 Å². The molecule has 0 radical (unpaired) electrons. The van der Waals surface area contributed by atoms with Crippen LogP contribution >= 0.6 is 0 Å². The summed E-state index contributed by atoms with van der Waals surface area (Å²) in [5, 5.41) is 2.22. The van der Waals surface area contributed by atoms with E-state index in [0.29, 0.717) is 11.5 Å². The summed E-state index contributed by atoms with van der Waals surface area (Å²) in [5.41, 5.74) is 20.0. The van der Waals surface area contributed by atoms with E-state index in [4.69, 9.17) is 9.72 Å². The predicted molar refractivity (Wildman–Crippen MR) is 311 cm³/mol. The molecule has 0 bridgehead atoms. The summed E-state index contributed by atoms with van der Waals surface area (Å²) in [6, 6.07) is 67.4. The number of aromatic nitrogens is 4. The molecule has 5 nitrogen and oxygen atoms in total. The first-order valence-electron chi connectivity index (χ1n) is 26.9. The summed E-state index contributed by atoms with van der Waals surface area (Å²) in [7, 11) is 0. The molecule has 13 rings (SSSR count). The normalized spacial score (nSPS) is 13.7. The van der Waals surface area contributed by atoms with Gasteiger partial charge in [0, 0.05) is 49.7 Å². The minimum Gasteiger partial charge on any atom is -0.510 e. The zero-order chi connectivity index (χ0) is 52.8. The van der Waals surface area contributed by atoms with E-state index in [2.05, 4.69) is 255 Å². The Morgan fingerprint density at radius 2 is 1.13 bits per heavy atom. The molecule has 6 heteroatoms. The van der Waals surface area contributed by atoms with Crippen LogP contribution in [0.4, 0.5) is 0 Å². The molecule has 1 aliphatic carbocycles. The Balaban J connectivity index is 0.00000596. The topological polar surface area (TPSA) is 35.9 Å². The zero-order valence-electron chi connectivity index (χ0n) is 46.2. The Labute approximate surface area is 468 Å². The SMILES string of the molecule is CC(C)(C)c1cc2c(c(C(C)(C)C)c1)C1(c3ccc(Oc4[c-]c5c(cc4)c4ccccc4n5-c4ccccn4)[c-]c3-n3[c-][n+](-c4ccccc4-c4ccccc4)c4cccc1c43)c1c-2cc(C(C)(C)C)cc1C(C)(C)C.[Pt]. The van der Waals surface area contributed by atoms with Crippen molar-refractivity contribution in [3.8, 4) is 50.9 Å². The van der Waals surface area contributed by atoms with Gasteiger partial charge >= 0.3 is 0 Å². The molecule has 0 saturated heterocycles. The first-order chi connectivity index (χ1) is 36.2. The van der Waals surface area contributed by atoms with Gasteiger partial charge in [-0.05, 0) is 118 Å². The Morgan fingerprint density at radius 1 is 0.519 bits per heavy atom. The molecular formula is C71H64N4OPt-2. The van der Waals surface area contributed by atoms with Crippen molar-refractivity contribution in [2.24, 2.45) is 0 Å². The minimum absolute atomic E-state index is 0. The van der Waals surface area contributed by atoms with Gasteiger partial charge in [0.1, 0.15) is 5.82 Å². The molecule has 1 aliphatic heterocycles. The van der Waals surface area contributed by atoms with Crippen LogP contribution < -0.4 is 9.30 Å². The minimum atomic E-state index is -0.778. The van der Waals surface area contributed by atoms with E-state index in [-0.39, 0.29) is 42.7 Å². The second-order valence-corrected chi connectivity index (χ2v) is 25.3. The molecular weight excluding hydrogens is 1120 g/mol. The molecule has 1 spiro atoms. The van der Waals surface area contributed by atoms with Crippen LogP contribution in [0.15, 0.2) is 170 Å². The van der Waals surface area contributed by atoms with E-state index in [9.17, 15) is 0 Å². The Kier molecular flexibility index (Phi) is 11.5. The molecule has 386 valence electrons. The van der Waals surface area contributed by atoms with Crippen molar-refractivity contribution in [1.29, 1.82) is 0 Å². The first kappa shape index (κ1) is 50.5. The van der Waals surface area contributed by atoms with Crippen LogP contribution in [-0.4, -0.2) is 14.1 Å². The van der Waals surface area contributed by atoms with Gasteiger partial charge < -0.3 is 13.9 Å². The monoisotopic (exact) mass is 1180 g/mol. The Hall–Kier alpha value is -7.33. The summed E-state index contributed by atoms with van der Waals surface area (Å²) >= 11 is 0. The summed E-state index contributed by atoms with van der Waals surface area (Å²) in [6.07, 6.45) is 5.84. The van der Waals surface area contributed by atoms with Crippen LogP contribution in [-0.2, 0) is 48.1 Å². The first-order valence-corrected chi connectivity index (χ1v) is 26.9. The third-order valence-corrected chi connectivity index (χ3v) is 16.2. The second-order valence-electron chi connectivity index (χ2n) is 25.3. The number of pyridine rings is 1. The van der Waals surface area contributed by atoms with E-state index in [1.54, 1.807) is 0 Å². The molecule has 4 heterocycles. The van der Waals surface area contributed by atoms with E-state index in [1.165, 1.54) is 50.1 Å². The number of imidazole rings is 1. The van der Waals surface area contributed by atoms with Crippen LogP contribution in [0.5, 0.6) is 11.5 Å². The summed E-state index contributed by atoms with van der Waals surface area (Å²) in [6.45, 7) is 28.5. The summed E-state index contributed by atoms with van der Waals surface area (Å²) < 4.78 is 13.8. The second kappa shape index (κ2) is 17.6. The Bertz CT molecular complexity index is 4090. The fourth-order valence-corrected chi connectivity index (χ4v) is 12.5. The molecule has 0 fully saturated rings. The molecule has 2 aliphatic rings. The number of benzene rings is 8. The Morgan fingerprint density at radius 3 is 1.78 bits per heavy atom. The smallest absolute Gasteiger partial charge is 0.268 e. The van der Waals surface area contributed by atoms with Crippen LogP contribution in [0.1, 0.15) is 128 Å². The zero-order valence-corrected chi connectivity index (χ0v) is 48.5. The van der Waals surface area contributed by atoms with Gasteiger partial charge in [0.15, 0.2) is 0 Å². The van der Waals surface area contributed by atoms with Crippen molar-refractivity contribution >= 4 is 32.8 Å². The van der Waals surface area contributed by atoms with Gasteiger partial charge in [-0.1, -0.05) is 204 Å². The maximum atomic E-state index is 7.07. The third kappa shape index (κ3) is 7.73. The van der Waals surface area contributed by atoms with Gasteiger partial charge in [-0.3, -0.25) is 4.57 Å². The van der Waals surface area contributed by atoms with E-state index >= 15 is 0 Å². The van der Waals surface area contributed by atoms with Crippen LogP contribution in [0.2, 0.25) is 0 Å². The average molecular weight is 1180 g/mol. The number of rotatable bonds is 5. The molecule has 0 N–H and O–H groups in total. The molecule has 11 aromatic rings. The van der Waals surface area contributed by atoms with Crippen LogP contribution in [0.25, 0.3) is 72.3 Å². The van der Waals surface area contributed by atoms with E-state index in [1.807, 2.05) is 30.5 Å².